The van der Waals surface area contributed by atoms with Gasteiger partial charge in [0.15, 0.2) is 0 Å². The molecule has 170 valence electrons. The first-order valence-electron chi connectivity index (χ1n) is 11.4. The van der Waals surface area contributed by atoms with Gasteiger partial charge in [0, 0.05) is 25.7 Å². The van der Waals surface area contributed by atoms with Crippen LogP contribution in [0.1, 0.15) is 30.1 Å². The van der Waals surface area contributed by atoms with Gasteiger partial charge in [-0.2, -0.15) is 0 Å². The Morgan fingerprint density at radius 3 is 2.48 bits per heavy atom. The highest BCUT2D eigenvalue weighted by molar-refractivity contribution is 6.32. The van der Waals surface area contributed by atoms with Gasteiger partial charge < -0.3 is 14.4 Å². The zero-order valence-electron chi connectivity index (χ0n) is 18.4. The summed E-state index contributed by atoms with van der Waals surface area (Å²) in [6.45, 7) is 3.37. The predicted molar refractivity (Wildman–Crippen MR) is 129 cm³/mol. The van der Waals surface area contributed by atoms with Crippen LogP contribution in [0, 0.1) is 0 Å². The Morgan fingerprint density at radius 1 is 0.939 bits per heavy atom. The Hall–Kier alpha value is -3.02. The lowest BCUT2D eigenvalue weighted by molar-refractivity contribution is 0.110. The van der Waals surface area contributed by atoms with Gasteiger partial charge in [0.1, 0.15) is 17.6 Å². The van der Waals surface area contributed by atoms with E-state index in [9.17, 15) is 4.79 Å². The van der Waals surface area contributed by atoms with Crippen LogP contribution in [0.5, 0.6) is 11.5 Å². The molecule has 1 amide bonds. The zero-order valence-corrected chi connectivity index (χ0v) is 19.2. The fraction of sp³-hybridized carbons (Fsp3) is 0.296. The Morgan fingerprint density at radius 2 is 1.70 bits per heavy atom. The predicted octanol–water partition coefficient (Wildman–Crippen LogP) is 6.29. The molecule has 0 aromatic heterocycles. The maximum atomic E-state index is 12.5. The molecular formula is C27H27ClN2O3. The molecule has 0 aliphatic carbocycles. The van der Waals surface area contributed by atoms with Gasteiger partial charge in [-0.1, -0.05) is 66.2 Å². The molecule has 2 aliphatic rings. The number of likely N-dealkylation sites (tertiary alicyclic amines) is 1. The van der Waals surface area contributed by atoms with Gasteiger partial charge in [0.25, 0.3) is 0 Å². The maximum absolute atomic E-state index is 12.5. The molecule has 0 N–H and O–H groups in total. The highest BCUT2D eigenvalue weighted by Gasteiger charge is 2.37. The molecular weight excluding hydrogens is 436 g/mol. The van der Waals surface area contributed by atoms with Crippen molar-refractivity contribution in [1.82, 2.24) is 9.80 Å². The Bertz CT molecular complexity index is 1100. The SMILES string of the molecule is O=C1OC(c2ccccc2)CN1C1CCN(Cc2cccc(Oc3ccccc3Cl)c2)CC1. The number of carbonyl (C=O) groups excluding carboxylic acids is 1. The molecule has 1 atom stereocenters. The number of nitrogens with zero attached hydrogens (tertiary/aromatic N) is 2. The van der Waals surface area contributed by atoms with Crippen molar-refractivity contribution in [1.29, 1.82) is 0 Å². The number of hydrogen-bond acceptors (Lipinski definition) is 4. The van der Waals surface area contributed by atoms with Gasteiger partial charge in [-0.15, -0.1) is 0 Å². The molecule has 2 saturated heterocycles. The lowest BCUT2D eigenvalue weighted by Gasteiger charge is -2.35. The molecule has 2 heterocycles. The van der Waals surface area contributed by atoms with Crippen molar-refractivity contribution < 1.29 is 14.3 Å². The Kier molecular flexibility index (Phi) is 6.51. The lowest BCUT2D eigenvalue weighted by atomic mass is 10.0. The summed E-state index contributed by atoms with van der Waals surface area (Å²) in [5, 5.41) is 0.597. The van der Waals surface area contributed by atoms with Gasteiger partial charge in [-0.05, 0) is 48.2 Å². The summed E-state index contributed by atoms with van der Waals surface area (Å²) in [7, 11) is 0. The van der Waals surface area contributed by atoms with E-state index in [-0.39, 0.29) is 18.2 Å². The Balaban J connectivity index is 1.15. The van der Waals surface area contributed by atoms with Gasteiger partial charge in [-0.3, -0.25) is 4.90 Å². The van der Waals surface area contributed by atoms with Gasteiger partial charge in [0.2, 0.25) is 0 Å². The molecule has 0 radical (unpaired) electrons. The quantitative estimate of drug-likeness (QED) is 0.431. The molecule has 5 nitrogen and oxygen atoms in total. The van der Waals surface area contributed by atoms with Crippen LogP contribution in [0.4, 0.5) is 4.79 Å². The third kappa shape index (κ3) is 5.15. The van der Waals surface area contributed by atoms with Crippen LogP contribution in [-0.2, 0) is 11.3 Å². The maximum Gasteiger partial charge on any atom is 0.410 e. The van der Waals surface area contributed by atoms with Gasteiger partial charge >= 0.3 is 6.09 Å². The molecule has 3 aromatic carbocycles. The molecule has 0 saturated carbocycles. The van der Waals surface area contributed by atoms with E-state index in [1.165, 1.54) is 5.56 Å². The summed E-state index contributed by atoms with van der Waals surface area (Å²) < 4.78 is 11.6. The van der Waals surface area contributed by atoms with Gasteiger partial charge in [0.05, 0.1) is 11.6 Å². The van der Waals surface area contributed by atoms with Gasteiger partial charge in [-0.25, -0.2) is 4.79 Å². The number of ether oxygens (including phenoxy) is 2. The highest BCUT2D eigenvalue weighted by Crippen LogP contribution is 2.32. The number of benzene rings is 3. The third-order valence-electron chi connectivity index (χ3n) is 6.38. The normalized spacial score (nSPS) is 19.5. The van der Waals surface area contributed by atoms with Crippen molar-refractivity contribution in [3.8, 4) is 11.5 Å². The van der Waals surface area contributed by atoms with Crippen LogP contribution in [0.15, 0.2) is 78.9 Å². The van der Waals surface area contributed by atoms with E-state index in [2.05, 4.69) is 17.0 Å². The molecule has 3 aromatic rings. The summed E-state index contributed by atoms with van der Waals surface area (Å²) in [5.41, 5.74) is 2.26. The lowest BCUT2D eigenvalue weighted by Crippen LogP contribution is -2.45. The largest absolute Gasteiger partial charge is 0.456 e. The first-order valence-corrected chi connectivity index (χ1v) is 11.8. The van der Waals surface area contributed by atoms with Crippen molar-refractivity contribution >= 4 is 17.7 Å². The van der Waals surface area contributed by atoms with Crippen LogP contribution < -0.4 is 4.74 Å². The minimum atomic E-state index is -0.188. The van der Waals surface area contributed by atoms with E-state index >= 15 is 0 Å². The van der Waals surface area contributed by atoms with Crippen LogP contribution in [0.3, 0.4) is 0 Å². The van der Waals surface area contributed by atoms with E-state index in [4.69, 9.17) is 21.1 Å². The average molecular weight is 463 g/mol. The van der Waals surface area contributed by atoms with Crippen molar-refractivity contribution in [2.24, 2.45) is 0 Å². The fourth-order valence-electron chi connectivity index (χ4n) is 4.63. The summed E-state index contributed by atoms with van der Waals surface area (Å²) in [4.78, 5) is 16.9. The molecule has 1 unspecified atom stereocenters. The van der Waals surface area contributed by atoms with Crippen LogP contribution in [0.25, 0.3) is 0 Å². The monoisotopic (exact) mass is 462 g/mol. The highest BCUT2D eigenvalue weighted by atomic mass is 35.5. The van der Waals surface area contributed by atoms with Crippen molar-refractivity contribution in [2.75, 3.05) is 19.6 Å². The summed E-state index contributed by atoms with van der Waals surface area (Å²) in [6.07, 6.45) is 1.54. The molecule has 2 fully saturated rings. The number of para-hydroxylation sites is 1. The molecule has 33 heavy (non-hydrogen) atoms. The van der Waals surface area contributed by atoms with E-state index < -0.39 is 0 Å². The number of halogens is 1. The zero-order chi connectivity index (χ0) is 22.6. The van der Waals surface area contributed by atoms with Crippen molar-refractivity contribution in [2.45, 2.75) is 31.5 Å². The standard InChI is InChI=1S/C27H27ClN2O3/c28-24-11-4-5-12-25(24)32-23-10-6-7-20(17-23)18-29-15-13-22(14-16-29)30-19-26(33-27(30)31)21-8-2-1-3-9-21/h1-12,17,22,26H,13-16,18-19H2. The van der Waals surface area contributed by atoms with Crippen molar-refractivity contribution in [3.63, 3.8) is 0 Å². The van der Waals surface area contributed by atoms with E-state index in [0.29, 0.717) is 17.3 Å². The van der Waals surface area contributed by atoms with E-state index in [1.807, 2.05) is 71.6 Å². The van der Waals surface area contributed by atoms with Crippen LogP contribution >= 0.6 is 11.6 Å². The molecule has 2 aliphatic heterocycles. The molecule has 0 spiro atoms. The molecule has 6 heteroatoms. The second-order valence-electron chi connectivity index (χ2n) is 8.62. The van der Waals surface area contributed by atoms with Crippen LogP contribution in [0.2, 0.25) is 5.02 Å². The second-order valence-corrected chi connectivity index (χ2v) is 9.03. The first kappa shape index (κ1) is 21.8. The summed E-state index contributed by atoms with van der Waals surface area (Å²) in [5.74, 6) is 1.44. The van der Waals surface area contributed by atoms with Crippen molar-refractivity contribution in [3.05, 3.63) is 95.0 Å². The summed E-state index contributed by atoms with van der Waals surface area (Å²) >= 11 is 6.22. The Labute approximate surface area is 199 Å². The topological polar surface area (TPSA) is 42.0 Å². The number of cyclic esters (lactones) is 1. The number of amides is 1. The second kappa shape index (κ2) is 9.86. The smallest absolute Gasteiger partial charge is 0.410 e. The van der Waals surface area contributed by atoms with E-state index in [1.54, 1.807) is 0 Å². The minimum absolute atomic E-state index is 0.169. The number of carbonyl (C=O) groups is 1. The minimum Gasteiger partial charge on any atom is -0.456 e. The number of hydrogen-bond donors (Lipinski definition) is 0. The summed E-state index contributed by atoms with van der Waals surface area (Å²) in [6, 6.07) is 25.9. The van der Waals surface area contributed by atoms with E-state index in [0.717, 1.165) is 43.8 Å². The van der Waals surface area contributed by atoms with Crippen LogP contribution in [-0.4, -0.2) is 41.6 Å². The third-order valence-corrected chi connectivity index (χ3v) is 6.69. The fourth-order valence-corrected chi connectivity index (χ4v) is 4.80. The average Bonchev–Trinajstić information content (AvgIpc) is 3.23. The first-order chi connectivity index (χ1) is 16.2. The molecule has 5 rings (SSSR count). The number of piperidine rings is 1. The molecule has 0 bridgehead atoms. The number of rotatable bonds is 6.